The summed E-state index contributed by atoms with van der Waals surface area (Å²) in [7, 11) is 0. The van der Waals surface area contributed by atoms with Crippen LogP contribution < -0.4 is 10.6 Å². The van der Waals surface area contributed by atoms with E-state index in [2.05, 4.69) is 26.6 Å². The minimum absolute atomic E-state index is 0.117. The third kappa shape index (κ3) is 4.50. The van der Waals surface area contributed by atoms with E-state index >= 15 is 0 Å². The van der Waals surface area contributed by atoms with E-state index in [0.717, 1.165) is 5.56 Å². The number of carbonyl (C=O) groups is 3. The Kier molecular flexibility index (Phi) is 5.28. The molecule has 0 radical (unpaired) electrons. The SMILES string of the molecule is CC(=O)c1cccc(NC(=O)C(=O)Nc2ccc(C)cc2Br)c1. The number of anilines is 2. The van der Waals surface area contributed by atoms with Crippen LogP contribution in [0.3, 0.4) is 0 Å². The molecule has 0 atom stereocenters. The summed E-state index contributed by atoms with van der Waals surface area (Å²) < 4.78 is 0.692. The van der Waals surface area contributed by atoms with Crippen LogP contribution in [0.5, 0.6) is 0 Å². The van der Waals surface area contributed by atoms with Crippen molar-refractivity contribution in [1.82, 2.24) is 0 Å². The summed E-state index contributed by atoms with van der Waals surface area (Å²) in [4.78, 5) is 35.2. The summed E-state index contributed by atoms with van der Waals surface area (Å²) in [5.41, 5.74) is 2.39. The van der Waals surface area contributed by atoms with Crippen LogP contribution in [0, 0.1) is 6.92 Å². The van der Waals surface area contributed by atoms with Gasteiger partial charge in [-0.15, -0.1) is 0 Å². The average molecular weight is 375 g/mol. The molecule has 0 unspecified atom stereocenters. The van der Waals surface area contributed by atoms with Crippen molar-refractivity contribution in [1.29, 1.82) is 0 Å². The van der Waals surface area contributed by atoms with E-state index in [1.54, 1.807) is 24.3 Å². The quantitative estimate of drug-likeness (QED) is 0.637. The van der Waals surface area contributed by atoms with Crippen LogP contribution in [0.4, 0.5) is 11.4 Å². The number of rotatable bonds is 3. The van der Waals surface area contributed by atoms with E-state index in [1.165, 1.54) is 13.0 Å². The zero-order valence-corrected chi connectivity index (χ0v) is 14.2. The number of nitrogens with one attached hydrogen (secondary N) is 2. The van der Waals surface area contributed by atoms with Crippen LogP contribution in [0.25, 0.3) is 0 Å². The second-order valence-corrected chi connectivity index (χ2v) is 5.88. The lowest BCUT2D eigenvalue weighted by atomic mass is 10.1. The maximum atomic E-state index is 12.0. The summed E-state index contributed by atoms with van der Waals surface area (Å²) in [6.07, 6.45) is 0. The number of Topliss-reactive ketones (excluding diaryl/α,β-unsaturated/α-hetero) is 1. The first-order chi connectivity index (χ1) is 10.9. The maximum absolute atomic E-state index is 12.0. The summed E-state index contributed by atoms with van der Waals surface area (Å²) in [5.74, 6) is -1.71. The van der Waals surface area contributed by atoms with Crippen LogP contribution in [0.2, 0.25) is 0 Å². The van der Waals surface area contributed by atoms with Gasteiger partial charge < -0.3 is 10.6 Å². The van der Waals surface area contributed by atoms with Gasteiger partial charge in [0.15, 0.2) is 5.78 Å². The second kappa shape index (κ2) is 7.19. The molecule has 0 bridgehead atoms. The first-order valence-corrected chi connectivity index (χ1v) is 7.65. The normalized spacial score (nSPS) is 10.0. The third-order valence-corrected chi connectivity index (χ3v) is 3.76. The fourth-order valence-electron chi connectivity index (χ4n) is 1.90. The highest BCUT2D eigenvalue weighted by Gasteiger charge is 2.15. The predicted molar refractivity (Wildman–Crippen MR) is 92.6 cm³/mol. The van der Waals surface area contributed by atoms with Gasteiger partial charge in [0, 0.05) is 15.7 Å². The van der Waals surface area contributed by atoms with Gasteiger partial charge in [0.2, 0.25) is 0 Å². The van der Waals surface area contributed by atoms with Gasteiger partial charge in [0.25, 0.3) is 0 Å². The lowest BCUT2D eigenvalue weighted by molar-refractivity contribution is -0.133. The summed E-state index contributed by atoms with van der Waals surface area (Å²) in [5, 5.41) is 5.00. The molecule has 23 heavy (non-hydrogen) atoms. The van der Waals surface area contributed by atoms with Crippen LogP contribution in [-0.2, 0) is 9.59 Å². The highest BCUT2D eigenvalue weighted by atomic mass is 79.9. The Hall–Kier alpha value is -2.47. The highest BCUT2D eigenvalue weighted by molar-refractivity contribution is 9.10. The van der Waals surface area contributed by atoms with Crippen molar-refractivity contribution in [2.75, 3.05) is 10.6 Å². The highest BCUT2D eigenvalue weighted by Crippen LogP contribution is 2.23. The summed E-state index contributed by atoms with van der Waals surface area (Å²) in [6.45, 7) is 3.35. The molecule has 5 nitrogen and oxygen atoms in total. The fourth-order valence-corrected chi connectivity index (χ4v) is 2.50. The van der Waals surface area contributed by atoms with Gasteiger partial charge in [-0.1, -0.05) is 18.2 Å². The van der Waals surface area contributed by atoms with Crippen molar-refractivity contribution >= 4 is 44.9 Å². The monoisotopic (exact) mass is 374 g/mol. The second-order valence-electron chi connectivity index (χ2n) is 5.03. The van der Waals surface area contributed by atoms with Crippen LogP contribution >= 0.6 is 15.9 Å². The van der Waals surface area contributed by atoms with Gasteiger partial charge in [0.1, 0.15) is 0 Å². The van der Waals surface area contributed by atoms with E-state index in [1.807, 2.05) is 19.1 Å². The molecule has 0 heterocycles. The van der Waals surface area contributed by atoms with Gasteiger partial charge in [-0.3, -0.25) is 14.4 Å². The van der Waals surface area contributed by atoms with Crippen LogP contribution in [-0.4, -0.2) is 17.6 Å². The Bertz CT molecular complexity index is 787. The number of hydrogen-bond acceptors (Lipinski definition) is 3. The topological polar surface area (TPSA) is 75.3 Å². The molecule has 0 fully saturated rings. The molecule has 2 aromatic carbocycles. The third-order valence-electron chi connectivity index (χ3n) is 3.11. The van der Waals surface area contributed by atoms with Crippen molar-refractivity contribution in [3.05, 3.63) is 58.1 Å². The Labute approximate surface area is 142 Å². The molecule has 2 rings (SSSR count). The van der Waals surface area contributed by atoms with Crippen molar-refractivity contribution in [3.63, 3.8) is 0 Å². The van der Waals surface area contributed by atoms with E-state index in [9.17, 15) is 14.4 Å². The lowest BCUT2D eigenvalue weighted by Gasteiger charge is -2.09. The average Bonchev–Trinajstić information content (AvgIpc) is 2.50. The number of carbonyl (C=O) groups excluding carboxylic acids is 3. The molecule has 0 saturated carbocycles. The minimum Gasteiger partial charge on any atom is -0.318 e. The van der Waals surface area contributed by atoms with E-state index < -0.39 is 11.8 Å². The first-order valence-electron chi connectivity index (χ1n) is 6.86. The zero-order chi connectivity index (χ0) is 17.0. The molecule has 2 aromatic rings. The van der Waals surface area contributed by atoms with Gasteiger partial charge in [-0.05, 0) is 59.6 Å². The lowest BCUT2D eigenvalue weighted by Crippen LogP contribution is -2.29. The predicted octanol–water partition coefficient (Wildman–Crippen LogP) is 3.54. The van der Waals surface area contributed by atoms with Crippen molar-refractivity contribution in [2.24, 2.45) is 0 Å². The van der Waals surface area contributed by atoms with Crippen molar-refractivity contribution in [2.45, 2.75) is 13.8 Å². The standard InChI is InChI=1S/C17H15BrN2O3/c1-10-6-7-15(14(18)8-10)20-17(23)16(22)19-13-5-3-4-12(9-13)11(2)21/h3-9H,1-2H3,(H,19,22)(H,20,23). The smallest absolute Gasteiger partial charge is 0.314 e. The van der Waals surface area contributed by atoms with Crippen LogP contribution in [0.1, 0.15) is 22.8 Å². The van der Waals surface area contributed by atoms with E-state index in [0.29, 0.717) is 21.4 Å². The van der Waals surface area contributed by atoms with Gasteiger partial charge in [0.05, 0.1) is 5.69 Å². The van der Waals surface area contributed by atoms with Crippen molar-refractivity contribution < 1.29 is 14.4 Å². The Morgan fingerprint density at radius 1 is 0.957 bits per heavy atom. The molecule has 0 aliphatic heterocycles. The number of aryl methyl sites for hydroxylation is 1. The van der Waals surface area contributed by atoms with Gasteiger partial charge >= 0.3 is 11.8 Å². The molecule has 0 aliphatic rings. The Morgan fingerprint density at radius 3 is 2.30 bits per heavy atom. The van der Waals surface area contributed by atoms with Gasteiger partial charge in [-0.2, -0.15) is 0 Å². The number of ketones is 1. The molecule has 6 heteroatoms. The minimum atomic E-state index is -0.807. The van der Waals surface area contributed by atoms with Gasteiger partial charge in [-0.25, -0.2) is 0 Å². The molecule has 0 aromatic heterocycles. The maximum Gasteiger partial charge on any atom is 0.314 e. The molecule has 0 spiro atoms. The molecule has 2 amide bonds. The Balaban J connectivity index is 2.07. The number of hydrogen-bond donors (Lipinski definition) is 2. The summed E-state index contributed by atoms with van der Waals surface area (Å²) >= 11 is 3.33. The summed E-state index contributed by atoms with van der Waals surface area (Å²) in [6, 6.07) is 11.8. The first kappa shape index (κ1) is 16.9. The molecule has 0 aliphatic carbocycles. The van der Waals surface area contributed by atoms with Crippen LogP contribution in [0.15, 0.2) is 46.9 Å². The number of halogens is 1. The number of benzene rings is 2. The van der Waals surface area contributed by atoms with E-state index in [-0.39, 0.29) is 5.78 Å². The largest absolute Gasteiger partial charge is 0.318 e. The van der Waals surface area contributed by atoms with Crippen molar-refractivity contribution in [3.8, 4) is 0 Å². The zero-order valence-electron chi connectivity index (χ0n) is 12.6. The molecule has 0 saturated heterocycles. The molecular formula is C17H15BrN2O3. The number of amides is 2. The molecule has 2 N–H and O–H groups in total. The molecule has 118 valence electrons. The fraction of sp³-hybridized carbons (Fsp3) is 0.118. The Morgan fingerprint density at radius 2 is 1.65 bits per heavy atom. The van der Waals surface area contributed by atoms with E-state index in [4.69, 9.17) is 0 Å². The molecular weight excluding hydrogens is 360 g/mol.